The summed E-state index contributed by atoms with van der Waals surface area (Å²) in [5, 5.41) is 3.03. The van der Waals surface area contributed by atoms with Crippen LogP contribution < -0.4 is 11.1 Å². The number of hydrogen-bond acceptors (Lipinski definition) is 2. The molecule has 1 atom stereocenters. The molecule has 0 bridgehead atoms. The molecule has 1 aliphatic rings. The van der Waals surface area contributed by atoms with E-state index in [1.165, 1.54) is 19.3 Å². The second-order valence-corrected chi connectivity index (χ2v) is 4.55. The van der Waals surface area contributed by atoms with Crippen LogP contribution in [-0.4, -0.2) is 19.0 Å². The van der Waals surface area contributed by atoms with Crippen molar-refractivity contribution in [2.75, 3.05) is 13.1 Å². The van der Waals surface area contributed by atoms with Gasteiger partial charge < -0.3 is 11.1 Å². The fourth-order valence-electron chi connectivity index (χ4n) is 1.66. The van der Waals surface area contributed by atoms with E-state index in [-0.39, 0.29) is 11.8 Å². The molecule has 0 radical (unpaired) electrons. The lowest BCUT2D eigenvalue weighted by atomic mass is 10.0. The van der Waals surface area contributed by atoms with E-state index in [4.69, 9.17) is 5.73 Å². The maximum atomic E-state index is 11.6. The Hall–Kier alpha value is -0.570. The van der Waals surface area contributed by atoms with E-state index in [1.807, 2.05) is 6.92 Å². The quantitative estimate of drug-likeness (QED) is 0.675. The number of amides is 1. The molecular weight excluding hydrogens is 176 g/mol. The average Bonchev–Trinajstić information content (AvgIpc) is 2.95. The van der Waals surface area contributed by atoms with Crippen molar-refractivity contribution in [3.8, 4) is 0 Å². The van der Waals surface area contributed by atoms with Gasteiger partial charge in [0.2, 0.25) is 5.91 Å². The van der Waals surface area contributed by atoms with Gasteiger partial charge in [-0.05, 0) is 37.6 Å². The number of carbonyl (C=O) groups excluding carboxylic acids is 1. The van der Waals surface area contributed by atoms with E-state index in [2.05, 4.69) is 12.2 Å². The van der Waals surface area contributed by atoms with Crippen LogP contribution in [0.3, 0.4) is 0 Å². The topological polar surface area (TPSA) is 55.1 Å². The van der Waals surface area contributed by atoms with Crippen molar-refractivity contribution in [3.05, 3.63) is 0 Å². The Labute approximate surface area is 86.4 Å². The average molecular weight is 198 g/mol. The molecule has 1 amide bonds. The van der Waals surface area contributed by atoms with Crippen molar-refractivity contribution >= 4 is 5.91 Å². The van der Waals surface area contributed by atoms with Crippen LogP contribution >= 0.6 is 0 Å². The first-order valence-electron chi connectivity index (χ1n) is 5.61. The van der Waals surface area contributed by atoms with Crippen LogP contribution in [0.4, 0.5) is 0 Å². The molecule has 1 unspecified atom stereocenters. The molecule has 0 spiro atoms. The van der Waals surface area contributed by atoms with E-state index in [0.717, 1.165) is 13.0 Å². The number of rotatable bonds is 6. The largest absolute Gasteiger partial charge is 0.355 e. The van der Waals surface area contributed by atoms with Crippen molar-refractivity contribution < 1.29 is 4.79 Å². The molecule has 3 N–H and O–H groups in total. The van der Waals surface area contributed by atoms with Gasteiger partial charge in [-0.2, -0.15) is 0 Å². The molecular formula is C11H22N2O. The second kappa shape index (κ2) is 4.78. The predicted octanol–water partition coefficient (Wildman–Crippen LogP) is 1.28. The maximum Gasteiger partial charge on any atom is 0.222 e. The number of nitrogens with one attached hydrogen (secondary N) is 1. The zero-order valence-corrected chi connectivity index (χ0v) is 9.31. The minimum absolute atomic E-state index is 0.0626. The first-order chi connectivity index (χ1) is 6.63. The molecule has 0 heterocycles. The highest BCUT2D eigenvalue weighted by Crippen LogP contribution is 2.47. The Morgan fingerprint density at radius 1 is 1.57 bits per heavy atom. The summed E-state index contributed by atoms with van der Waals surface area (Å²) >= 11 is 0. The van der Waals surface area contributed by atoms with Gasteiger partial charge in [0, 0.05) is 12.5 Å². The molecule has 1 aliphatic carbocycles. The van der Waals surface area contributed by atoms with Gasteiger partial charge in [-0.1, -0.05) is 13.8 Å². The molecule has 1 saturated carbocycles. The first kappa shape index (κ1) is 11.5. The van der Waals surface area contributed by atoms with Crippen molar-refractivity contribution in [1.82, 2.24) is 5.32 Å². The van der Waals surface area contributed by atoms with E-state index in [1.54, 1.807) is 0 Å². The zero-order valence-electron chi connectivity index (χ0n) is 9.31. The highest BCUT2D eigenvalue weighted by atomic mass is 16.1. The van der Waals surface area contributed by atoms with Crippen LogP contribution in [0.5, 0.6) is 0 Å². The lowest BCUT2D eigenvalue weighted by molar-refractivity contribution is -0.124. The summed E-state index contributed by atoms with van der Waals surface area (Å²) in [6, 6.07) is 0. The van der Waals surface area contributed by atoms with Crippen molar-refractivity contribution in [1.29, 1.82) is 0 Å². The lowest BCUT2D eigenvalue weighted by Gasteiger charge is -2.16. The highest BCUT2D eigenvalue weighted by Gasteiger charge is 2.40. The van der Waals surface area contributed by atoms with E-state index in [9.17, 15) is 4.79 Å². The molecule has 0 aliphatic heterocycles. The van der Waals surface area contributed by atoms with Gasteiger partial charge in [0.15, 0.2) is 0 Å². The van der Waals surface area contributed by atoms with Gasteiger partial charge in [0.05, 0.1) is 0 Å². The van der Waals surface area contributed by atoms with Gasteiger partial charge >= 0.3 is 0 Å². The second-order valence-electron chi connectivity index (χ2n) is 4.55. The first-order valence-corrected chi connectivity index (χ1v) is 5.61. The molecule has 0 saturated heterocycles. The monoisotopic (exact) mass is 198 g/mol. The van der Waals surface area contributed by atoms with Crippen LogP contribution in [0.2, 0.25) is 0 Å². The van der Waals surface area contributed by atoms with Gasteiger partial charge in [0.25, 0.3) is 0 Å². The van der Waals surface area contributed by atoms with Gasteiger partial charge in [-0.15, -0.1) is 0 Å². The summed E-state index contributed by atoms with van der Waals surface area (Å²) in [4.78, 5) is 11.6. The summed E-state index contributed by atoms with van der Waals surface area (Å²) in [6.45, 7) is 5.58. The Bertz CT molecular complexity index is 199. The number of hydrogen-bond donors (Lipinski definition) is 2. The maximum absolute atomic E-state index is 11.6. The van der Waals surface area contributed by atoms with Crippen LogP contribution in [0, 0.1) is 11.3 Å². The molecule has 0 aromatic heterocycles. The Morgan fingerprint density at radius 2 is 2.21 bits per heavy atom. The van der Waals surface area contributed by atoms with Gasteiger partial charge in [-0.25, -0.2) is 0 Å². The smallest absolute Gasteiger partial charge is 0.222 e. The van der Waals surface area contributed by atoms with E-state index < -0.39 is 0 Å². The third-order valence-corrected chi connectivity index (χ3v) is 3.39. The molecule has 0 aromatic rings. The van der Waals surface area contributed by atoms with E-state index >= 15 is 0 Å². The van der Waals surface area contributed by atoms with Crippen molar-refractivity contribution in [3.63, 3.8) is 0 Å². The van der Waals surface area contributed by atoms with Crippen LogP contribution in [0.15, 0.2) is 0 Å². The van der Waals surface area contributed by atoms with Gasteiger partial charge in [-0.3, -0.25) is 4.79 Å². The summed E-state index contributed by atoms with van der Waals surface area (Å²) in [5.74, 6) is 0.225. The highest BCUT2D eigenvalue weighted by molar-refractivity contribution is 5.78. The summed E-state index contributed by atoms with van der Waals surface area (Å²) in [5.41, 5.74) is 5.85. The number of nitrogens with two attached hydrogens (primary N) is 1. The zero-order chi connectivity index (χ0) is 10.6. The SMILES string of the molecule is CCC1(CNC(=O)C(C)CCN)CC1. The lowest BCUT2D eigenvalue weighted by Crippen LogP contribution is -2.34. The van der Waals surface area contributed by atoms with Gasteiger partial charge in [0.1, 0.15) is 0 Å². The Balaban J connectivity index is 2.20. The molecule has 14 heavy (non-hydrogen) atoms. The third kappa shape index (κ3) is 2.98. The van der Waals surface area contributed by atoms with Crippen molar-refractivity contribution in [2.45, 2.75) is 39.5 Å². The minimum atomic E-state index is 0.0626. The van der Waals surface area contributed by atoms with Crippen LogP contribution in [0.1, 0.15) is 39.5 Å². The molecule has 3 nitrogen and oxygen atoms in total. The summed E-state index contributed by atoms with van der Waals surface area (Å²) in [6.07, 6.45) is 4.51. The normalized spacial score (nSPS) is 20.2. The third-order valence-electron chi connectivity index (χ3n) is 3.39. The number of carbonyl (C=O) groups is 1. The fraction of sp³-hybridized carbons (Fsp3) is 0.909. The molecule has 82 valence electrons. The fourth-order valence-corrected chi connectivity index (χ4v) is 1.66. The Kier molecular flexibility index (Phi) is 3.93. The molecule has 0 aromatic carbocycles. The minimum Gasteiger partial charge on any atom is -0.355 e. The van der Waals surface area contributed by atoms with E-state index in [0.29, 0.717) is 12.0 Å². The molecule has 1 rings (SSSR count). The summed E-state index contributed by atoms with van der Waals surface area (Å²) < 4.78 is 0. The van der Waals surface area contributed by atoms with Crippen LogP contribution in [0.25, 0.3) is 0 Å². The Morgan fingerprint density at radius 3 is 2.64 bits per heavy atom. The summed E-state index contributed by atoms with van der Waals surface area (Å²) in [7, 11) is 0. The van der Waals surface area contributed by atoms with Crippen LogP contribution in [-0.2, 0) is 4.79 Å². The predicted molar refractivity (Wildman–Crippen MR) is 57.8 cm³/mol. The molecule has 1 fully saturated rings. The standard InChI is InChI=1S/C11H22N2O/c1-3-11(5-6-11)8-13-10(14)9(2)4-7-12/h9H,3-8,12H2,1-2H3,(H,13,14). The van der Waals surface area contributed by atoms with Crippen molar-refractivity contribution in [2.24, 2.45) is 17.1 Å². The molecule has 3 heteroatoms.